The van der Waals surface area contributed by atoms with Crippen LogP contribution in [0.5, 0.6) is 17.2 Å². The van der Waals surface area contributed by atoms with Gasteiger partial charge in [0.05, 0.1) is 15.5 Å². The van der Waals surface area contributed by atoms with Crippen LogP contribution in [0, 0.1) is 10.1 Å². The van der Waals surface area contributed by atoms with Crippen molar-refractivity contribution in [2.45, 2.75) is 18.9 Å². The molecule has 0 saturated heterocycles. The maximum absolute atomic E-state index is 12.7. The van der Waals surface area contributed by atoms with Crippen LogP contribution in [0.3, 0.4) is 0 Å². The third-order valence-corrected chi connectivity index (χ3v) is 4.93. The van der Waals surface area contributed by atoms with Gasteiger partial charge in [-0.15, -0.1) is 0 Å². The molecule has 0 aliphatic carbocycles. The van der Waals surface area contributed by atoms with Crippen LogP contribution in [0.4, 0.5) is 18.9 Å². The van der Waals surface area contributed by atoms with Crippen molar-refractivity contribution in [2.75, 3.05) is 7.11 Å². The summed E-state index contributed by atoms with van der Waals surface area (Å²) in [6, 6.07) is 5.97. The molecule has 0 spiro atoms. The highest BCUT2D eigenvalue weighted by Crippen LogP contribution is 2.40. The van der Waals surface area contributed by atoms with E-state index in [2.05, 4.69) is 4.52 Å². The van der Waals surface area contributed by atoms with Gasteiger partial charge in [-0.25, -0.2) is 0 Å². The number of nitrogens with zero attached hydrogens (tertiary/aromatic N) is 1. The van der Waals surface area contributed by atoms with Crippen LogP contribution in [0.25, 0.3) is 0 Å². The second-order valence-corrected chi connectivity index (χ2v) is 7.68. The van der Waals surface area contributed by atoms with E-state index in [1.54, 1.807) is 0 Å². The first-order valence-electron chi connectivity index (χ1n) is 7.60. The average molecular weight is 440 g/mol. The number of benzene rings is 2. The molecule has 0 aliphatic heterocycles. The molecule has 2 atom stereocenters. The summed E-state index contributed by atoms with van der Waals surface area (Å²) in [5.74, 6) is -1.27. The highest BCUT2D eigenvalue weighted by Gasteiger charge is 2.31. The van der Waals surface area contributed by atoms with Crippen molar-refractivity contribution in [1.82, 2.24) is 0 Å². The van der Waals surface area contributed by atoms with E-state index in [4.69, 9.17) is 21.1 Å². The Morgan fingerprint density at radius 3 is 2.39 bits per heavy atom. The van der Waals surface area contributed by atoms with Gasteiger partial charge in [0.2, 0.25) is 13.8 Å². The molecular weight excluding hydrogens is 426 g/mol. The van der Waals surface area contributed by atoms with Crippen LogP contribution in [-0.4, -0.2) is 17.9 Å². The Bertz CT molecular complexity index is 908. The number of ether oxygens (including phenoxy) is 2. The van der Waals surface area contributed by atoms with Crippen LogP contribution in [0.1, 0.15) is 12.5 Å². The summed E-state index contributed by atoms with van der Waals surface area (Å²) in [6.07, 6.45) is -4.56. The van der Waals surface area contributed by atoms with Gasteiger partial charge in [0.25, 0.3) is 0 Å². The van der Waals surface area contributed by atoms with Gasteiger partial charge in [-0.1, -0.05) is 11.6 Å². The number of rotatable bonds is 7. The molecule has 12 heteroatoms. The zero-order valence-electron chi connectivity index (χ0n) is 14.5. The van der Waals surface area contributed by atoms with Gasteiger partial charge >= 0.3 is 11.9 Å². The molecule has 0 heterocycles. The number of hydrogen-bond acceptors (Lipinski definition) is 6. The minimum absolute atomic E-state index is 0.0200. The molecule has 2 aromatic rings. The van der Waals surface area contributed by atoms with Crippen LogP contribution >= 0.6 is 19.6 Å². The first-order valence-corrected chi connectivity index (χ1v) is 9.37. The van der Waals surface area contributed by atoms with Crippen molar-refractivity contribution < 1.29 is 36.7 Å². The van der Waals surface area contributed by atoms with Crippen molar-refractivity contribution >= 4 is 25.3 Å². The number of nitro benzene ring substituents is 1. The summed E-state index contributed by atoms with van der Waals surface area (Å²) >= 11 is 5.83. The SMILES string of the molecule is CO[PH](=O)C(C)Oc1cc(Oc2ccc(C(F)(F)F)cc2Cl)ccc1[N+](=O)[O-]. The number of nitro groups is 1. The third kappa shape index (κ3) is 5.37. The molecule has 2 rings (SSSR count). The van der Waals surface area contributed by atoms with E-state index < -0.39 is 36.2 Å². The van der Waals surface area contributed by atoms with Crippen LogP contribution in [0.2, 0.25) is 5.02 Å². The fourth-order valence-corrected chi connectivity index (χ4v) is 2.87. The van der Waals surface area contributed by atoms with E-state index in [9.17, 15) is 27.9 Å². The van der Waals surface area contributed by atoms with Gasteiger partial charge in [0.15, 0.2) is 5.85 Å². The third-order valence-electron chi connectivity index (χ3n) is 3.45. The monoisotopic (exact) mass is 439 g/mol. The van der Waals surface area contributed by atoms with Gasteiger partial charge < -0.3 is 14.0 Å². The zero-order valence-corrected chi connectivity index (χ0v) is 16.2. The lowest BCUT2D eigenvalue weighted by molar-refractivity contribution is -0.386. The average Bonchev–Trinajstić information content (AvgIpc) is 2.61. The second kappa shape index (κ2) is 8.81. The highest BCUT2D eigenvalue weighted by atomic mass is 35.5. The normalized spacial score (nSPS) is 13.6. The Kier molecular flexibility index (Phi) is 6.92. The molecule has 2 unspecified atom stereocenters. The molecule has 28 heavy (non-hydrogen) atoms. The standard InChI is InChI=1S/C16H14ClF3NO6P/c1-9(28(24)25-2)26-15-8-11(4-5-13(15)21(22)23)27-14-6-3-10(7-12(14)17)16(18,19)20/h3-9,28H,1-2H3. The molecule has 0 radical (unpaired) electrons. The fraction of sp³-hybridized carbons (Fsp3) is 0.250. The zero-order chi connectivity index (χ0) is 21.1. The van der Waals surface area contributed by atoms with Gasteiger partial charge in [-0.2, -0.15) is 13.2 Å². The first kappa shape index (κ1) is 22.0. The van der Waals surface area contributed by atoms with E-state index in [-0.39, 0.29) is 22.3 Å². The van der Waals surface area contributed by atoms with E-state index in [0.717, 1.165) is 24.3 Å². The minimum atomic E-state index is -4.56. The van der Waals surface area contributed by atoms with Crippen molar-refractivity contribution in [1.29, 1.82) is 0 Å². The summed E-state index contributed by atoms with van der Waals surface area (Å²) in [7, 11) is -1.40. The molecule has 0 saturated carbocycles. The molecule has 0 aliphatic rings. The van der Waals surface area contributed by atoms with Crippen molar-refractivity contribution in [3.63, 3.8) is 0 Å². The molecule has 7 nitrogen and oxygen atoms in total. The van der Waals surface area contributed by atoms with Crippen LogP contribution in [-0.2, 0) is 15.3 Å². The summed E-state index contributed by atoms with van der Waals surface area (Å²) < 4.78 is 65.2. The molecule has 0 bridgehead atoms. The Hall–Kier alpha value is -2.29. The molecule has 0 fully saturated rings. The summed E-state index contributed by atoms with van der Waals surface area (Å²) in [5.41, 5.74) is -1.36. The maximum atomic E-state index is 12.7. The minimum Gasteiger partial charge on any atom is -0.474 e. The molecule has 0 amide bonds. The summed E-state index contributed by atoms with van der Waals surface area (Å²) in [4.78, 5) is 10.4. The van der Waals surface area contributed by atoms with Crippen molar-refractivity contribution in [3.8, 4) is 17.2 Å². The van der Waals surface area contributed by atoms with Crippen LogP contribution in [0.15, 0.2) is 36.4 Å². The number of alkyl halides is 3. The summed E-state index contributed by atoms with van der Waals surface area (Å²) in [6.45, 7) is 1.41. The predicted molar refractivity (Wildman–Crippen MR) is 95.7 cm³/mol. The Morgan fingerprint density at radius 2 is 1.86 bits per heavy atom. The van der Waals surface area contributed by atoms with E-state index >= 15 is 0 Å². The maximum Gasteiger partial charge on any atom is 0.416 e. The molecule has 2 aromatic carbocycles. The van der Waals surface area contributed by atoms with Crippen LogP contribution < -0.4 is 9.47 Å². The Morgan fingerprint density at radius 1 is 1.18 bits per heavy atom. The molecule has 0 N–H and O–H groups in total. The smallest absolute Gasteiger partial charge is 0.416 e. The Labute approximate surface area is 163 Å². The van der Waals surface area contributed by atoms with E-state index in [1.807, 2.05) is 0 Å². The largest absolute Gasteiger partial charge is 0.474 e. The van der Waals surface area contributed by atoms with Gasteiger partial charge in [0, 0.05) is 19.2 Å². The van der Waals surface area contributed by atoms with Gasteiger partial charge in [-0.05, 0) is 31.2 Å². The number of hydrogen-bond donors (Lipinski definition) is 0. The Balaban J connectivity index is 2.33. The number of halogens is 4. The van der Waals surface area contributed by atoms with E-state index in [0.29, 0.717) is 6.07 Å². The first-order chi connectivity index (χ1) is 13.0. The molecule has 0 aromatic heterocycles. The lowest BCUT2D eigenvalue weighted by Gasteiger charge is -2.15. The molecule has 152 valence electrons. The van der Waals surface area contributed by atoms with Gasteiger partial charge in [0.1, 0.15) is 11.5 Å². The topological polar surface area (TPSA) is 87.9 Å². The summed E-state index contributed by atoms with van der Waals surface area (Å²) in [5, 5.41) is 10.9. The lowest BCUT2D eigenvalue weighted by Crippen LogP contribution is -2.09. The van der Waals surface area contributed by atoms with Crippen molar-refractivity contribution in [3.05, 3.63) is 57.1 Å². The highest BCUT2D eigenvalue weighted by molar-refractivity contribution is 7.39. The van der Waals surface area contributed by atoms with Gasteiger partial charge in [-0.3, -0.25) is 14.7 Å². The quantitative estimate of drug-likeness (QED) is 0.303. The lowest BCUT2D eigenvalue weighted by atomic mass is 10.2. The fourth-order valence-electron chi connectivity index (χ4n) is 2.09. The molecular formula is C16H14ClF3NO6P. The predicted octanol–water partition coefficient (Wildman–Crippen LogP) is 5.91. The van der Waals surface area contributed by atoms with Crippen molar-refractivity contribution in [2.24, 2.45) is 0 Å². The second-order valence-electron chi connectivity index (χ2n) is 5.41. The van der Waals surface area contributed by atoms with E-state index in [1.165, 1.54) is 20.1 Å².